The van der Waals surface area contributed by atoms with Crippen molar-refractivity contribution >= 4 is 11.6 Å². The van der Waals surface area contributed by atoms with E-state index in [-0.39, 0.29) is 0 Å². The number of benzene rings is 1. The fourth-order valence-electron chi connectivity index (χ4n) is 1.67. The van der Waals surface area contributed by atoms with Crippen LogP contribution >= 0.6 is 11.6 Å². The van der Waals surface area contributed by atoms with Crippen molar-refractivity contribution in [3.8, 4) is 6.07 Å². The van der Waals surface area contributed by atoms with Crippen LogP contribution in [0.15, 0.2) is 24.3 Å². The molecular formula is C13H17ClN2O. The van der Waals surface area contributed by atoms with E-state index >= 15 is 0 Å². The van der Waals surface area contributed by atoms with Crippen molar-refractivity contribution in [1.82, 2.24) is 4.90 Å². The van der Waals surface area contributed by atoms with Gasteiger partial charge in [-0.25, -0.2) is 0 Å². The van der Waals surface area contributed by atoms with Crippen LogP contribution in [0.5, 0.6) is 0 Å². The maximum absolute atomic E-state index is 10.1. The zero-order valence-electron chi connectivity index (χ0n) is 9.93. The standard InChI is InChI=1S/C13H17ClN2O/c1-2-16(9-5-8-15)10-13(17)11-6-3-4-7-12(11)14/h3-4,6-7,13,17H,2,5,9-10H2,1H3. The van der Waals surface area contributed by atoms with E-state index in [2.05, 4.69) is 6.07 Å². The van der Waals surface area contributed by atoms with E-state index < -0.39 is 6.10 Å². The van der Waals surface area contributed by atoms with Crippen LogP contribution in [0.4, 0.5) is 0 Å². The number of aliphatic hydroxyl groups is 1. The molecule has 1 N–H and O–H groups in total. The first-order chi connectivity index (χ1) is 8.19. The van der Waals surface area contributed by atoms with E-state index in [1.54, 1.807) is 6.07 Å². The Labute approximate surface area is 107 Å². The Morgan fingerprint density at radius 1 is 1.47 bits per heavy atom. The first kappa shape index (κ1) is 14.0. The molecule has 1 rings (SSSR count). The molecule has 0 saturated heterocycles. The minimum Gasteiger partial charge on any atom is -0.387 e. The van der Waals surface area contributed by atoms with Crippen molar-refractivity contribution in [3.63, 3.8) is 0 Å². The number of hydrogen-bond acceptors (Lipinski definition) is 3. The van der Waals surface area contributed by atoms with Crippen LogP contribution in [0.2, 0.25) is 5.02 Å². The summed E-state index contributed by atoms with van der Waals surface area (Å²) in [6, 6.07) is 9.40. The van der Waals surface area contributed by atoms with Crippen LogP contribution < -0.4 is 0 Å². The van der Waals surface area contributed by atoms with Crippen molar-refractivity contribution in [3.05, 3.63) is 34.9 Å². The van der Waals surface area contributed by atoms with Crippen LogP contribution in [0.1, 0.15) is 25.0 Å². The molecule has 3 nitrogen and oxygen atoms in total. The molecule has 0 spiro atoms. The molecule has 1 unspecified atom stereocenters. The Kier molecular flexibility index (Phi) is 5.99. The summed E-state index contributed by atoms with van der Waals surface area (Å²) in [5.41, 5.74) is 0.740. The summed E-state index contributed by atoms with van der Waals surface area (Å²) in [4.78, 5) is 2.04. The molecule has 17 heavy (non-hydrogen) atoms. The fourth-order valence-corrected chi connectivity index (χ4v) is 1.94. The van der Waals surface area contributed by atoms with Gasteiger partial charge in [-0.2, -0.15) is 5.26 Å². The van der Waals surface area contributed by atoms with Gasteiger partial charge in [-0.3, -0.25) is 4.90 Å². The van der Waals surface area contributed by atoms with Crippen molar-refractivity contribution in [2.75, 3.05) is 19.6 Å². The molecule has 1 atom stereocenters. The highest BCUT2D eigenvalue weighted by Gasteiger charge is 2.14. The molecule has 92 valence electrons. The van der Waals surface area contributed by atoms with Gasteiger partial charge in [0.25, 0.3) is 0 Å². The second kappa shape index (κ2) is 7.29. The summed E-state index contributed by atoms with van der Waals surface area (Å²) in [7, 11) is 0. The van der Waals surface area contributed by atoms with Crippen molar-refractivity contribution in [1.29, 1.82) is 5.26 Å². The predicted octanol–water partition coefficient (Wildman–Crippen LogP) is 2.61. The quantitative estimate of drug-likeness (QED) is 0.847. The highest BCUT2D eigenvalue weighted by atomic mass is 35.5. The smallest absolute Gasteiger partial charge is 0.0931 e. The fraction of sp³-hybridized carbons (Fsp3) is 0.462. The summed E-state index contributed by atoms with van der Waals surface area (Å²) < 4.78 is 0. The van der Waals surface area contributed by atoms with Crippen LogP contribution in [0, 0.1) is 11.3 Å². The van der Waals surface area contributed by atoms with E-state index in [1.165, 1.54) is 0 Å². The van der Waals surface area contributed by atoms with Gasteiger partial charge in [-0.15, -0.1) is 0 Å². The first-order valence-corrected chi connectivity index (χ1v) is 6.08. The van der Waals surface area contributed by atoms with Crippen molar-refractivity contribution < 1.29 is 5.11 Å². The van der Waals surface area contributed by atoms with Gasteiger partial charge in [0, 0.05) is 30.1 Å². The van der Waals surface area contributed by atoms with E-state index in [0.29, 0.717) is 24.5 Å². The lowest BCUT2D eigenvalue weighted by Crippen LogP contribution is -2.29. The van der Waals surface area contributed by atoms with Gasteiger partial charge in [-0.1, -0.05) is 36.7 Å². The van der Waals surface area contributed by atoms with Crippen molar-refractivity contribution in [2.24, 2.45) is 0 Å². The first-order valence-electron chi connectivity index (χ1n) is 5.70. The molecule has 0 bridgehead atoms. The molecule has 0 fully saturated rings. The minimum absolute atomic E-state index is 0.475. The number of nitrogens with zero attached hydrogens (tertiary/aromatic N) is 2. The van der Waals surface area contributed by atoms with Crippen LogP contribution in [-0.4, -0.2) is 29.6 Å². The second-order valence-corrected chi connectivity index (χ2v) is 4.25. The maximum atomic E-state index is 10.1. The normalized spacial score (nSPS) is 12.4. The Bertz CT molecular complexity index is 389. The molecule has 0 aliphatic rings. The lowest BCUT2D eigenvalue weighted by atomic mass is 10.1. The topological polar surface area (TPSA) is 47.3 Å². The molecule has 1 aromatic carbocycles. The van der Waals surface area contributed by atoms with Crippen LogP contribution in [0.3, 0.4) is 0 Å². The van der Waals surface area contributed by atoms with Gasteiger partial charge in [0.1, 0.15) is 0 Å². The summed E-state index contributed by atoms with van der Waals surface area (Å²) >= 11 is 6.02. The SMILES string of the molecule is CCN(CCC#N)CC(O)c1ccccc1Cl. The van der Waals surface area contributed by atoms with E-state index in [0.717, 1.165) is 12.1 Å². The average molecular weight is 253 g/mol. The monoisotopic (exact) mass is 252 g/mol. The van der Waals surface area contributed by atoms with E-state index in [4.69, 9.17) is 16.9 Å². The molecule has 1 aromatic rings. The maximum Gasteiger partial charge on any atom is 0.0931 e. The zero-order chi connectivity index (χ0) is 12.7. The van der Waals surface area contributed by atoms with E-state index in [9.17, 15) is 5.11 Å². The molecule has 4 heteroatoms. The number of nitriles is 1. The summed E-state index contributed by atoms with van der Waals surface area (Å²) in [5.74, 6) is 0. The Hall–Kier alpha value is -1.08. The highest BCUT2D eigenvalue weighted by molar-refractivity contribution is 6.31. The lowest BCUT2D eigenvalue weighted by Gasteiger charge is -2.23. The number of rotatable bonds is 6. The second-order valence-electron chi connectivity index (χ2n) is 3.84. The highest BCUT2D eigenvalue weighted by Crippen LogP contribution is 2.23. The predicted molar refractivity (Wildman–Crippen MR) is 68.8 cm³/mol. The Morgan fingerprint density at radius 3 is 2.76 bits per heavy atom. The van der Waals surface area contributed by atoms with Gasteiger partial charge in [0.15, 0.2) is 0 Å². The summed E-state index contributed by atoms with van der Waals surface area (Å²) in [5, 5.41) is 19.2. The number of likely N-dealkylation sites (N-methyl/N-ethyl adjacent to an activating group) is 1. The van der Waals surface area contributed by atoms with Crippen molar-refractivity contribution in [2.45, 2.75) is 19.4 Å². The third-order valence-corrected chi connectivity index (χ3v) is 3.03. The lowest BCUT2D eigenvalue weighted by molar-refractivity contribution is 0.117. The molecule has 0 radical (unpaired) electrons. The van der Waals surface area contributed by atoms with Gasteiger partial charge in [0.05, 0.1) is 12.2 Å². The van der Waals surface area contributed by atoms with E-state index in [1.807, 2.05) is 30.0 Å². The molecule has 0 heterocycles. The third-order valence-electron chi connectivity index (χ3n) is 2.68. The summed E-state index contributed by atoms with van der Waals surface area (Å²) in [6.45, 7) is 4.00. The average Bonchev–Trinajstić information content (AvgIpc) is 2.34. The van der Waals surface area contributed by atoms with Gasteiger partial charge < -0.3 is 5.11 Å². The number of aliphatic hydroxyl groups excluding tert-OH is 1. The summed E-state index contributed by atoms with van der Waals surface area (Å²) in [6.07, 6.45) is -0.134. The minimum atomic E-state index is -0.609. The van der Waals surface area contributed by atoms with Crippen LogP contribution in [0.25, 0.3) is 0 Å². The Balaban J connectivity index is 2.61. The number of hydrogen-bond donors (Lipinski definition) is 1. The largest absolute Gasteiger partial charge is 0.387 e. The molecule has 0 amide bonds. The van der Waals surface area contributed by atoms with Gasteiger partial charge in [0.2, 0.25) is 0 Å². The number of halogens is 1. The molecule has 0 aliphatic carbocycles. The molecule has 0 saturated carbocycles. The zero-order valence-corrected chi connectivity index (χ0v) is 10.7. The third kappa shape index (κ3) is 4.35. The molecular weight excluding hydrogens is 236 g/mol. The molecule has 0 aliphatic heterocycles. The van der Waals surface area contributed by atoms with Crippen LogP contribution in [-0.2, 0) is 0 Å². The van der Waals surface area contributed by atoms with Gasteiger partial charge >= 0.3 is 0 Å². The Morgan fingerprint density at radius 2 is 2.18 bits per heavy atom. The molecule has 0 aromatic heterocycles. The van der Waals surface area contributed by atoms with Gasteiger partial charge in [-0.05, 0) is 12.6 Å².